The molecule has 0 spiro atoms. The van der Waals surface area contributed by atoms with E-state index in [1.165, 1.54) is 0 Å². The van der Waals surface area contributed by atoms with Gasteiger partial charge in [-0.05, 0) is 18.4 Å². The second-order valence-corrected chi connectivity index (χ2v) is 9.16. The summed E-state index contributed by atoms with van der Waals surface area (Å²) in [4.78, 5) is 22.1. The maximum atomic E-state index is 12.2. The number of hydrogen-bond acceptors (Lipinski definition) is 5. The van der Waals surface area contributed by atoms with E-state index in [-0.39, 0.29) is 31.8 Å². The highest BCUT2D eigenvalue weighted by molar-refractivity contribution is 7.47. The number of ether oxygens (including phenoxy) is 1. The van der Waals surface area contributed by atoms with Gasteiger partial charge < -0.3 is 14.9 Å². The molecule has 8 heteroatoms. The number of rotatable bonds is 19. The maximum Gasteiger partial charge on any atom is 0.472 e. The Kier molecular flexibility index (Phi) is 15.5. The molecule has 0 aliphatic carbocycles. The first-order chi connectivity index (χ1) is 15.0. The van der Waals surface area contributed by atoms with Crippen molar-refractivity contribution >= 4 is 13.7 Å². The van der Waals surface area contributed by atoms with E-state index in [9.17, 15) is 14.3 Å². The molecule has 0 saturated carbocycles. The third kappa shape index (κ3) is 15.2. The summed E-state index contributed by atoms with van der Waals surface area (Å²) in [6.45, 7) is 4.71. The summed E-state index contributed by atoms with van der Waals surface area (Å²) in [6.07, 6.45) is 8.32. The minimum absolute atomic E-state index is 0.0412. The van der Waals surface area contributed by atoms with Crippen LogP contribution in [0.5, 0.6) is 0 Å². The van der Waals surface area contributed by atoms with E-state index in [1.807, 2.05) is 30.3 Å². The Labute approximate surface area is 187 Å². The maximum absolute atomic E-state index is 12.2. The van der Waals surface area contributed by atoms with Crippen molar-refractivity contribution < 1.29 is 28.0 Å². The van der Waals surface area contributed by atoms with Gasteiger partial charge in [-0.25, -0.2) is 4.57 Å². The number of hydrogen-bond donors (Lipinski definition) is 2. The average molecular weight is 458 g/mol. The van der Waals surface area contributed by atoms with Crippen LogP contribution in [0.1, 0.15) is 77.2 Å². The quantitative estimate of drug-likeness (QED) is 0.214. The molecule has 0 radical (unpaired) electrons. The molecule has 1 rings (SSSR count). The fourth-order valence-electron chi connectivity index (χ4n) is 3.05. The van der Waals surface area contributed by atoms with Crippen molar-refractivity contribution in [1.29, 1.82) is 0 Å². The number of benzene rings is 1. The number of amides is 1. The fraction of sp³-hybridized carbons (Fsp3) is 0.696. The molecule has 0 aliphatic heterocycles. The van der Waals surface area contributed by atoms with E-state index in [0.29, 0.717) is 19.4 Å². The predicted molar refractivity (Wildman–Crippen MR) is 123 cm³/mol. The van der Waals surface area contributed by atoms with Crippen molar-refractivity contribution in [3.05, 3.63) is 35.9 Å². The Hall–Kier alpha value is -1.24. The summed E-state index contributed by atoms with van der Waals surface area (Å²) in [6, 6.07) is 9.36. The van der Waals surface area contributed by atoms with Gasteiger partial charge in [0.25, 0.3) is 0 Å². The lowest BCUT2D eigenvalue weighted by molar-refractivity contribution is -0.122. The van der Waals surface area contributed by atoms with Gasteiger partial charge in [-0.15, -0.1) is 0 Å². The molecule has 2 atom stereocenters. The Morgan fingerprint density at radius 3 is 2.42 bits per heavy atom. The van der Waals surface area contributed by atoms with Gasteiger partial charge in [0, 0.05) is 6.42 Å². The van der Waals surface area contributed by atoms with E-state index >= 15 is 0 Å². The fourth-order valence-corrected chi connectivity index (χ4v) is 3.80. The molecule has 0 aromatic heterocycles. The molecule has 2 unspecified atom stereocenters. The minimum Gasteiger partial charge on any atom is -0.374 e. The van der Waals surface area contributed by atoms with Crippen molar-refractivity contribution in [1.82, 2.24) is 5.32 Å². The van der Waals surface area contributed by atoms with Gasteiger partial charge in [0.1, 0.15) is 0 Å². The number of unbranched alkanes of at least 4 members (excludes halogenated alkanes) is 5. The standard InChI is InChI=1S/C23H40NO6P/c1-3-5-7-12-15-22(24-23(25)16-9-6-4-2)20-30-31(26,27)29-18-17-28-19-21-13-10-8-11-14-21/h8,10-11,13-14,22H,3-7,9,12,15-20H2,1-2H3,(H,24,25)(H,26,27). The van der Waals surface area contributed by atoms with Gasteiger partial charge >= 0.3 is 7.82 Å². The number of phosphoric acid groups is 1. The highest BCUT2D eigenvalue weighted by Gasteiger charge is 2.24. The summed E-state index contributed by atoms with van der Waals surface area (Å²) >= 11 is 0. The summed E-state index contributed by atoms with van der Waals surface area (Å²) in [5.41, 5.74) is 1.02. The second-order valence-electron chi connectivity index (χ2n) is 7.71. The smallest absolute Gasteiger partial charge is 0.374 e. The van der Waals surface area contributed by atoms with E-state index in [2.05, 4.69) is 19.2 Å². The molecule has 1 aromatic carbocycles. The number of nitrogens with one attached hydrogen (secondary N) is 1. The van der Waals surface area contributed by atoms with Crippen molar-refractivity contribution in [2.75, 3.05) is 19.8 Å². The zero-order valence-electron chi connectivity index (χ0n) is 19.1. The van der Waals surface area contributed by atoms with Crippen LogP contribution < -0.4 is 5.32 Å². The van der Waals surface area contributed by atoms with Crippen molar-refractivity contribution in [2.24, 2.45) is 0 Å². The van der Waals surface area contributed by atoms with E-state index in [4.69, 9.17) is 13.8 Å². The average Bonchev–Trinajstić information content (AvgIpc) is 2.75. The van der Waals surface area contributed by atoms with Gasteiger partial charge in [0.05, 0.1) is 32.5 Å². The van der Waals surface area contributed by atoms with Crippen LogP contribution in [0.3, 0.4) is 0 Å². The van der Waals surface area contributed by atoms with Crippen molar-refractivity contribution in [2.45, 2.75) is 84.3 Å². The molecular formula is C23H40NO6P. The Balaban J connectivity index is 2.34. The first-order valence-electron chi connectivity index (χ1n) is 11.5. The van der Waals surface area contributed by atoms with Crippen LogP contribution in [0, 0.1) is 0 Å². The highest BCUT2D eigenvalue weighted by Crippen LogP contribution is 2.43. The normalized spacial score (nSPS) is 14.2. The topological polar surface area (TPSA) is 94.1 Å². The molecule has 1 amide bonds. The largest absolute Gasteiger partial charge is 0.472 e. The third-order valence-electron chi connectivity index (χ3n) is 4.81. The predicted octanol–water partition coefficient (Wildman–Crippen LogP) is 5.37. The monoisotopic (exact) mass is 457 g/mol. The molecule has 0 heterocycles. The first-order valence-corrected chi connectivity index (χ1v) is 13.0. The molecule has 31 heavy (non-hydrogen) atoms. The van der Waals surface area contributed by atoms with E-state index < -0.39 is 7.82 Å². The van der Waals surface area contributed by atoms with Crippen molar-refractivity contribution in [3.63, 3.8) is 0 Å². The van der Waals surface area contributed by atoms with Gasteiger partial charge in [-0.3, -0.25) is 13.8 Å². The number of carbonyl (C=O) groups is 1. The van der Waals surface area contributed by atoms with Gasteiger partial charge in [-0.1, -0.05) is 82.7 Å². The molecule has 1 aromatic rings. The van der Waals surface area contributed by atoms with Crippen LogP contribution >= 0.6 is 7.82 Å². The summed E-state index contributed by atoms with van der Waals surface area (Å²) in [5.74, 6) is -0.0412. The molecule has 0 fully saturated rings. The lowest BCUT2D eigenvalue weighted by Gasteiger charge is -2.20. The SMILES string of the molecule is CCCCCCC(COP(=O)(O)OCCOCc1ccccc1)NC(=O)CCCCC. The summed E-state index contributed by atoms with van der Waals surface area (Å²) in [7, 11) is -4.20. The zero-order valence-corrected chi connectivity index (χ0v) is 20.0. The summed E-state index contributed by atoms with van der Waals surface area (Å²) in [5, 5.41) is 2.94. The van der Waals surface area contributed by atoms with Crippen molar-refractivity contribution in [3.8, 4) is 0 Å². The minimum atomic E-state index is -4.20. The molecule has 2 N–H and O–H groups in total. The summed E-state index contributed by atoms with van der Waals surface area (Å²) < 4.78 is 27.8. The Morgan fingerprint density at radius 2 is 1.71 bits per heavy atom. The van der Waals surface area contributed by atoms with Gasteiger partial charge in [0.15, 0.2) is 0 Å². The van der Waals surface area contributed by atoms with Gasteiger partial charge in [-0.2, -0.15) is 0 Å². The van der Waals surface area contributed by atoms with Gasteiger partial charge in [0.2, 0.25) is 5.91 Å². The van der Waals surface area contributed by atoms with Crippen LogP contribution in [0.15, 0.2) is 30.3 Å². The van der Waals surface area contributed by atoms with Crippen LogP contribution in [-0.2, 0) is 29.8 Å². The number of carbonyl (C=O) groups excluding carboxylic acids is 1. The Bertz CT molecular complexity index is 628. The van der Waals surface area contributed by atoms with E-state index in [1.54, 1.807) is 0 Å². The van der Waals surface area contributed by atoms with Crippen LogP contribution in [0.4, 0.5) is 0 Å². The molecule has 0 saturated heterocycles. The molecule has 7 nitrogen and oxygen atoms in total. The lowest BCUT2D eigenvalue weighted by atomic mass is 10.1. The zero-order chi connectivity index (χ0) is 22.8. The first kappa shape index (κ1) is 27.8. The molecular weight excluding hydrogens is 417 g/mol. The second kappa shape index (κ2) is 17.3. The molecule has 0 bridgehead atoms. The highest BCUT2D eigenvalue weighted by atomic mass is 31.2. The third-order valence-corrected chi connectivity index (χ3v) is 5.80. The molecule has 0 aliphatic rings. The Morgan fingerprint density at radius 1 is 1.00 bits per heavy atom. The van der Waals surface area contributed by atoms with Crippen LogP contribution in [0.2, 0.25) is 0 Å². The molecule has 178 valence electrons. The lowest BCUT2D eigenvalue weighted by Crippen LogP contribution is -2.38. The number of phosphoric ester groups is 1. The van der Waals surface area contributed by atoms with Crippen LogP contribution in [0.25, 0.3) is 0 Å². The van der Waals surface area contributed by atoms with E-state index in [0.717, 1.165) is 50.5 Å². The van der Waals surface area contributed by atoms with Crippen LogP contribution in [-0.4, -0.2) is 36.7 Å².